The number of carbonyl (C=O) groups excluding carboxylic acids is 1. The first kappa shape index (κ1) is 17.4. The topological polar surface area (TPSA) is 81.2 Å². The molecule has 0 radical (unpaired) electrons. The second kappa shape index (κ2) is 7.23. The molecule has 1 saturated heterocycles. The number of aliphatic hydroxyl groups is 1. The number of aromatic nitrogens is 2. The maximum Gasteiger partial charge on any atom is 0.255 e. The van der Waals surface area contributed by atoms with E-state index in [-0.39, 0.29) is 11.9 Å². The molecular weight excluding hydrogens is 304 g/mol. The Bertz CT molecular complexity index is 550. The number of carbonyl (C=O) groups is 1. The molecule has 0 spiro atoms. The molecule has 0 atom stereocenters. The highest BCUT2D eigenvalue weighted by Gasteiger charge is 2.33. The zero-order valence-electron chi connectivity index (χ0n) is 14.9. The molecule has 2 aliphatic rings. The molecule has 1 amide bonds. The molecule has 3 N–H and O–H groups in total. The van der Waals surface area contributed by atoms with Crippen LogP contribution in [0.5, 0.6) is 0 Å². The number of aryl methyl sites for hydroxylation is 2. The van der Waals surface area contributed by atoms with Crippen molar-refractivity contribution in [2.24, 2.45) is 0 Å². The molecule has 0 unspecified atom stereocenters. The zero-order chi connectivity index (χ0) is 17.2. The molecular formula is C18H30N4O2. The summed E-state index contributed by atoms with van der Waals surface area (Å²) in [5.41, 5.74) is 1.76. The van der Waals surface area contributed by atoms with Crippen molar-refractivity contribution in [1.29, 1.82) is 0 Å². The third kappa shape index (κ3) is 3.98. The Kier molecular flexibility index (Phi) is 5.25. The van der Waals surface area contributed by atoms with E-state index in [4.69, 9.17) is 0 Å². The highest BCUT2D eigenvalue weighted by molar-refractivity contribution is 5.96. The van der Waals surface area contributed by atoms with Gasteiger partial charge in [0.1, 0.15) is 0 Å². The van der Waals surface area contributed by atoms with Crippen LogP contribution < -0.4 is 5.32 Å². The lowest BCUT2D eigenvalue weighted by Crippen LogP contribution is -2.50. The fourth-order valence-corrected chi connectivity index (χ4v) is 4.16. The lowest BCUT2D eigenvalue weighted by molar-refractivity contribution is -0.0312. The zero-order valence-corrected chi connectivity index (χ0v) is 14.9. The van der Waals surface area contributed by atoms with Gasteiger partial charge < -0.3 is 15.3 Å². The van der Waals surface area contributed by atoms with Gasteiger partial charge in [-0.15, -0.1) is 0 Å². The molecule has 3 rings (SSSR count). The highest BCUT2D eigenvalue weighted by Crippen LogP contribution is 2.29. The molecule has 24 heavy (non-hydrogen) atoms. The van der Waals surface area contributed by atoms with E-state index in [0.717, 1.165) is 69.5 Å². The number of piperidine rings is 1. The molecule has 2 heterocycles. The summed E-state index contributed by atoms with van der Waals surface area (Å²) in [4.78, 5) is 14.8. The van der Waals surface area contributed by atoms with Gasteiger partial charge in [0.2, 0.25) is 0 Å². The van der Waals surface area contributed by atoms with Gasteiger partial charge in [-0.3, -0.25) is 9.89 Å². The molecule has 1 aliphatic carbocycles. The number of rotatable bonds is 4. The van der Waals surface area contributed by atoms with Gasteiger partial charge in [0, 0.05) is 31.4 Å². The molecule has 1 aliphatic heterocycles. The van der Waals surface area contributed by atoms with Gasteiger partial charge in [-0.05, 0) is 39.5 Å². The first-order valence-corrected chi connectivity index (χ1v) is 9.24. The SMILES string of the molecule is Cc1n[nH]c(C)c1C(=O)NC1CCN(CC2(O)CCCCC2)CC1. The lowest BCUT2D eigenvalue weighted by atomic mass is 9.84. The van der Waals surface area contributed by atoms with Gasteiger partial charge in [-0.25, -0.2) is 0 Å². The van der Waals surface area contributed by atoms with E-state index < -0.39 is 5.60 Å². The van der Waals surface area contributed by atoms with Crippen LogP contribution in [0.3, 0.4) is 0 Å². The van der Waals surface area contributed by atoms with E-state index in [9.17, 15) is 9.90 Å². The predicted molar refractivity (Wildman–Crippen MR) is 93.0 cm³/mol. The molecule has 2 fully saturated rings. The Labute approximate surface area is 144 Å². The smallest absolute Gasteiger partial charge is 0.255 e. The quantitative estimate of drug-likeness (QED) is 0.786. The fourth-order valence-electron chi connectivity index (χ4n) is 4.16. The van der Waals surface area contributed by atoms with Crippen LogP contribution in [0.2, 0.25) is 0 Å². The number of likely N-dealkylation sites (tertiary alicyclic amines) is 1. The molecule has 1 aromatic heterocycles. The Hall–Kier alpha value is -1.40. The lowest BCUT2D eigenvalue weighted by Gasteiger charge is -2.40. The van der Waals surface area contributed by atoms with E-state index in [1.807, 2.05) is 13.8 Å². The van der Waals surface area contributed by atoms with Crippen LogP contribution in [-0.2, 0) is 0 Å². The number of aromatic amines is 1. The summed E-state index contributed by atoms with van der Waals surface area (Å²) in [6, 6.07) is 0.212. The number of β-amino-alcohol motifs (C(OH)–C–C–N with tert-alkyl or cyclic N) is 1. The molecule has 6 heteroatoms. The van der Waals surface area contributed by atoms with Crippen LogP contribution in [0.1, 0.15) is 66.7 Å². The minimum Gasteiger partial charge on any atom is -0.389 e. The van der Waals surface area contributed by atoms with Gasteiger partial charge in [0.25, 0.3) is 5.91 Å². The molecule has 134 valence electrons. The second-order valence-corrected chi connectivity index (χ2v) is 7.62. The van der Waals surface area contributed by atoms with Gasteiger partial charge in [-0.2, -0.15) is 5.10 Å². The van der Waals surface area contributed by atoms with Crippen molar-refractivity contribution in [3.8, 4) is 0 Å². The Morgan fingerprint density at radius 2 is 1.96 bits per heavy atom. The predicted octanol–water partition coefficient (Wildman–Crippen LogP) is 1.92. The summed E-state index contributed by atoms with van der Waals surface area (Å²) >= 11 is 0. The normalized spacial score (nSPS) is 22.5. The summed E-state index contributed by atoms with van der Waals surface area (Å²) in [7, 11) is 0. The van der Waals surface area contributed by atoms with Crippen molar-refractivity contribution in [3.63, 3.8) is 0 Å². The summed E-state index contributed by atoms with van der Waals surface area (Å²) in [5, 5.41) is 20.8. The Morgan fingerprint density at radius 1 is 1.29 bits per heavy atom. The van der Waals surface area contributed by atoms with Crippen LogP contribution in [0.25, 0.3) is 0 Å². The molecule has 0 bridgehead atoms. The number of hydrogen-bond donors (Lipinski definition) is 3. The van der Waals surface area contributed by atoms with E-state index in [0.29, 0.717) is 5.56 Å². The standard InChI is InChI=1S/C18H30N4O2/c1-13-16(14(2)21-20-13)17(23)19-15-6-10-22(11-7-15)12-18(24)8-4-3-5-9-18/h15,24H,3-12H2,1-2H3,(H,19,23)(H,20,21). The van der Waals surface area contributed by atoms with Crippen molar-refractivity contribution in [3.05, 3.63) is 17.0 Å². The minimum absolute atomic E-state index is 0.0249. The number of nitrogens with zero attached hydrogens (tertiary/aromatic N) is 2. The monoisotopic (exact) mass is 334 g/mol. The molecule has 6 nitrogen and oxygen atoms in total. The molecule has 1 aromatic rings. The van der Waals surface area contributed by atoms with Crippen LogP contribution in [0.4, 0.5) is 0 Å². The number of nitrogens with one attached hydrogen (secondary N) is 2. The number of H-pyrrole nitrogens is 1. The van der Waals surface area contributed by atoms with E-state index in [1.54, 1.807) is 0 Å². The van der Waals surface area contributed by atoms with Crippen LogP contribution >= 0.6 is 0 Å². The average Bonchev–Trinajstić information content (AvgIpc) is 2.88. The Balaban J connectivity index is 1.48. The van der Waals surface area contributed by atoms with Gasteiger partial charge in [-0.1, -0.05) is 19.3 Å². The van der Waals surface area contributed by atoms with Gasteiger partial charge in [0.05, 0.1) is 16.9 Å². The summed E-state index contributed by atoms with van der Waals surface area (Å²) in [6.07, 6.45) is 7.29. The number of amides is 1. The molecule has 1 saturated carbocycles. The van der Waals surface area contributed by atoms with E-state index >= 15 is 0 Å². The summed E-state index contributed by atoms with van der Waals surface area (Å²) < 4.78 is 0. The highest BCUT2D eigenvalue weighted by atomic mass is 16.3. The van der Waals surface area contributed by atoms with Crippen LogP contribution in [-0.4, -0.2) is 57.4 Å². The largest absolute Gasteiger partial charge is 0.389 e. The first-order chi connectivity index (χ1) is 11.5. The van der Waals surface area contributed by atoms with Crippen molar-refractivity contribution in [2.75, 3.05) is 19.6 Å². The maximum absolute atomic E-state index is 12.4. The van der Waals surface area contributed by atoms with Crippen LogP contribution in [0, 0.1) is 13.8 Å². The summed E-state index contributed by atoms with van der Waals surface area (Å²) in [6.45, 7) is 6.40. The maximum atomic E-state index is 12.4. The number of hydrogen-bond acceptors (Lipinski definition) is 4. The van der Waals surface area contributed by atoms with Gasteiger partial charge >= 0.3 is 0 Å². The second-order valence-electron chi connectivity index (χ2n) is 7.62. The third-order valence-electron chi connectivity index (χ3n) is 5.58. The van der Waals surface area contributed by atoms with Crippen molar-refractivity contribution >= 4 is 5.91 Å². The minimum atomic E-state index is -0.487. The van der Waals surface area contributed by atoms with E-state index in [2.05, 4.69) is 20.4 Å². The van der Waals surface area contributed by atoms with Crippen molar-refractivity contribution in [2.45, 2.75) is 70.4 Å². The average molecular weight is 334 g/mol. The van der Waals surface area contributed by atoms with Crippen molar-refractivity contribution in [1.82, 2.24) is 20.4 Å². The van der Waals surface area contributed by atoms with E-state index in [1.165, 1.54) is 6.42 Å². The Morgan fingerprint density at radius 3 is 2.54 bits per heavy atom. The summed E-state index contributed by atoms with van der Waals surface area (Å²) in [5.74, 6) is -0.0249. The first-order valence-electron chi connectivity index (χ1n) is 9.24. The van der Waals surface area contributed by atoms with Crippen molar-refractivity contribution < 1.29 is 9.90 Å². The molecule has 0 aromatic carbocycles. The van der Waals surface area contributed by atoms with Gasteiger partial charge in [0.15, 0.2) is 0 Å². The fraction of sp³-hybridized carbons (Fsp3) is 0.778. The third-order valence-corrected chi connectivity index (χ3v) is 5.58. The van der Waals surface area contributed by atoms with Crippen LogP contribution in [0.15, 0.2) is 0 Å².